The van der Waals surface area contributed by atoms with Crippen LogP contribution in [0.3, 0.4) is 0 Å². The summed E-state index contributed by atoms with van der Waals surface area (Å²) < 4.78 is 53.6. The Morgan fingerprint density at radius 3 is 2.45 bits per heavy atom. The highest BCUT2D eigenvalue weighted by Crippen LogP contribution is 2.35. The van der Waals surface area contributed by atoms with Gasteiger partial charge in [0.25, 0.3) is 5.91 Å². The third kappa shape index (κ3) is 4.46. The van der Waals surface area contributed by atoms with Crippen molar-refractivity contribution in [1.29, 1.82) is 5.26 Å². The fourth-order valence-electron chi connectivity index (χ4n) is 2.82. The number of nitrogens with zero attached hydrogens (tertiary/aromatic N) is 2. The fraction of sp³-hybridized carbons (Fsp3) is 0.211. The Labute approximate surface area is 168 Å². The van der Waals surface area contributed by atoms with Gasteiger partial charge in [-0.05, 0) is 61.5 Å². The average Bonchev–Trinajstić information content (AvgIpc) is 3.45. The van der Waals surface area contributed by atoms with E-state index in [1.807, 2.05) is 0 Å². The molecule has 0 aromatic heterocycles. The predicted molar refractivity (Wildman–Crippen MR) is 103 cm³/mol. The molecule has 0 aliphatic heterocycles. The number of hydrogen-bond acceptors (Lipinski definition) is 3. The van der Waals surface area contributed by atoms with E-state index in [1.165, 1.54) is 24.3 Å². The molecule has 1 saturated carbocycles. The zero-order chi connectivity index (χ0) is 21.3. The van der Waals surface area contributed by atoms with Crippen molar-refractivity contribution in [3.63, 3.8) is 0 Å². The van der Waals surface area contributed by atoms with Crippen LogP contribution in [-0.2, 0) is 6.18 Å². The van der Waals surface area contributed by atoms with Gasteiger partial charge in [-0.2, -0.15) is 18.4 Å². The Hall–Kier alpha value is -3.19. The number of thiocarbonyl (C=S) groups is 1. The molecule has 2 aromatic carbocycles. The van der Waals surface area contributed by atoms with E-state index < -0.39 is 29.0 Å². The lowest BCUT2D eigenvalue weighted by atomic mass is 10.1. The number of primary amides is 1. The molecule has 0 radical (unpaired) electrons. The smallest absolute Gasteiger partial charge is 0.366 e. The third-order valence-electron chi connectivity index (χ3n) is 4.32. The van der Waals surface area contributed by atoms with Gasteiger partial charge in [0.2, 0.25) is 0 Å². The van der Waals surface area contributed by atoms with E-state index in [0.29, 0.717) is 5.69 Å². The third-order valence-corrected chi connectivity index (χ3v) is 4.62. The van der Waals surface area contributed by atoms with Crippen LogP contribution < -0.4 is 16.0 Å². The van der Waals surface area contributed by atoms with E-state index in [9.17, 15) is 22.4 Å². The van der Waals surface area contributed by atoms with Gasteiger partial charge in [-0.25, -0.2) is 4.39 Å². The number of rotatable bonds is 4. The van der Waals surface area contributed by atoms with Crippen LogP contribution in [0.5, 0.6) is 0 Å². The van der Waals surface area contributed by atoms with Crippen LogP contribution >= 0.6 is 12.2 Å². The summed E-state index contributed by atoms with van der Waals surface area (Å²) in [5.41, 5.74) is 3.63. The molecule has 0 atom stereocenters. The van der Waals surface area contributed by atoms with Crippen molar-refractivity contribution in [3.05, 3.63) is 58.9 Å². The highest BCUT2D eigenvalue weighted by atomic mass is 32.1. The lowest BCUT2D eigenvalue weighted by Gasteiger charge is -2.26. The van der Waals surface area contributed by atoms with Gasteiger partial charge in [0.05, 0.1) is 22.8 Å². The second kappa shape index (κ2) is 7.67. The second-order valence-corrected chi connectivity index (χ2v) is 6.82. The van der Waals surface area contributed by atoms with Crippen molar-refractivity contribution in [2.24, 2.45) is 5.73 Å². The second-order valence-electron chi connectivity index (χ2n) is 6.43. The number of halogens is 4. The van der Waals surface area contributed by atoms with Crippen LogP contribution in [0.1, 0.15) is 34.3 Å². The quantitative estimate of drug-likeness (QED) is 0.571. The molecular weight excluding hydrogens is 408 g/mol. The van der Waals surface area contributed by atoms with Gasteiger partial charge in [-0.1, -0.05) is 0 Å². The van der Waals surface area contributed by atoms with Crippen LogP contribution in [0, 0.1) is 17.1 Å². The van der Waals surface area contributed by atoms with Crippen molar-refractivity contribution in [1.82, 2.24) is 0 Å². The minimum absolute atomic E-state index is 0.0428. The summed E-state index contributed by atoms with van der Waals surface area (Å²) in [6.07, 6.45) is -3.17. The zero-order valence-electron chi connectivity index (χ0n) is 14.8. The number of nitrogens with two attached hydrogens (primary N) is 1. The first-order chi connectivity index (χ1) is 13.6. The summed E-state index contributed by atoms with van der Waals surface area (Å²) in [7, 11) is 0. The molecule has 2 aromatic rings. The minimum atomic E-state index is -4.70. The number of hydrogen-bond donors (Lipinski definition) is 2. The number of anilines is 2. The van der Waals surface area contributed by atoms with Gasteiger partial charge in [0, 0.05) is 17.4 Å². The molecule has 1 aliphatic carbocycles. The molecule has 5 nitrogen and oxygen atoms in total. The van der Waals surface area contributed by atoms with Crippen molar-refractivity contribution >= 4 is 34.6 Å². The van der Waals surface area contributed by atoms with Gasteiger partial charge in [0.15, 0.2) is 5.11 Å². The molecule has 1 fully saturated rings. The number of carbonyl (C=O) groups is 1. The summed E-state index contributed by atoms with van der Waals surface area (Å²) >= 11 is 5.34. The van der Waals surface area contributed by atoms with Crippen molar-refractivity contribution < 1.29 is 22.4 Å². The van der Waals surface area contributed by atoms with E-state index in [-0.39, 0.29) is 22.4 Å². The van der Waals surface area contributed by atoms with Gasteiger partial charge >= 0.3 is 6.18 Å². The Morgan fingerprint density at radius 2 is 1.93 bits per heavy atom. The van der Waals surface area contributed by atoms with Crippen molar-refractivity contribution in [2.75, 3.05) is 10.2 Å². The summed E-state index contributed by atoms with van der Waals surface area (Å²) in [6, 6.07) is 8.42. The summed E-state index contributed by atoms with van der Waals surface area (Å²) in [5, 5.41) is 11.7. The Bertz CT molecular complexity index is 1030. The molecule has 0 bridgehead atoms. The van der Waals surface area contributed by atoms with E-state index in [2.05, 4.69) is 5.32 Å². The molecule has 0 heterocycles. The van der Waals surface area contributed by atoms with Gasteiger partial charge in [-0.3, -0.25) is 4.79 Å². The van der Waals surface area contributed by atoms with E-state index in [4.69, 9.17) is 23.2 Å². The maximum absolute atomic E-state index is 14.2. The highest BCUT2D eigenvalue weighted by Gasteiger charge is 2.35. The molecule has 29 heavy (non-hydrogen) atoms. The molecule has 3 N–H and O–H groups in total. The van der Waals surface area contributed by atoms with Crippen LogP contribution in [0.4, 0.5) is 28.9 Å². The van der Waals surface area contributed by atoms with Crippen molar-refractivity contribution in [3.8, 4) is 6.07 Å². The number of alkyl halides is 3. The molecule has 0 saturated heterocycles. The lowest BCUT2D eigenvalue weighted by Crippen LogP contribution is -2.36. The van der Waals surface area contributed by atoms with Crippen LogP contribution in [0.25, 0.3) is 0 Å². The molecule has 150 valence electrons. The molecule has 0 unspecified atom stereocenters. The Balaban J connectivity index is 1.89. The maximum Gasteiger partial charge on any atom is 0.417 e. The summed E-state index contributed by atoms with van der Waals surface area (Å²) in [4.78, 5) is 12.8. The predicted octanol–water partition coefficient (Wildman–Crippen LogP) is 4.18. The SMILES string of the molecule is N#Cc1ccc(NC(=S)N(c2ccc(C(N)=O)c(F)c2)C2CC2)cc1C(F)(F)F. The number of benzene rings is 2. The fourth-order valence-corrected chi connectivity index (χ4v) is 3.19. The Kier molecular flexibility index (Phi) is 5.44. The number of amides is 1. The lowest BCUT2D eigenvalue weighted by molar-refractivity contribution is -0.137. The van der Waals surface area contributed by atoms with Crippen LogP contribution in [0.2, 0.25) is 0 Å². The number of nitrogens with one attached hydrogen (secondary N) is 1. The van der Waals surface area contributed by atoms with Crippen LogP contribution in [-0.4, -0.2) is 17.1 Å². The number of nitriles is 1. The first-order valence-corrected chi connectivity index (χ1v) is 8.83. The zero-order valence-corrected chi connectivity index (χ0v) is 15.6. The minimum Gasteiger partial charge on any atom is -0.366 e. The van der Waals surface area contributed by atoms with E-state index in [1.54, 1.807) is 4.90 Å². The molecule has 1 amide bonds. The number of carbonyl (C=O) groups excluding carboxylic acids is 1. The standard InChI is InChI=1S/C19H14F4N4OS/c20-16-8-13(5-6-14(16)17(25)28)27(12-3-4-12)18(29)26-11-2-1-10(9-24)15(7-11)19(21,22)23/h1-2,5-8,12H,3-4H2,(H2,25,28)(H,26,29). The molecule has 3 rings (SSSR count). The largest absolute Gasteiger partial charge is 0.417 e. The highest BCUT2D eigenvalue weighted by molar-refractivity contribution is 7.80. The Morgan fingerprint density at radius 1 is 1.24 bits per heavy atom. The van der Waals surface area contributed by atoms with Gasteiger partial charge in [-0.15, -0.1) is 0 Å². The van der Waals surface area contributed by atoms with E-state index >= 15 is 0 Å². The first-order valence-electron chi connectivity index (χ1n) is 8.42. The van der Waals surface area contributed by atoms with Crippen LogP contribution in [0.15, 0.2) is 36.4 Å². The normalized spacial score (nSPS) is 13.5. The van der Waals surface area contributed by atoms with Crippen molar-refractivity contribution in [2.45, 2.75) is 25.1 Å². The average molecular weight is 422 g/mol. The molecule has 10 heteroatoms. The first kappa shape index (κ1) is 20.5. The monoisotopic (exact) mass is 422 g/mol. The topological polar surface area (TPSA) is 82.2 Å². The van der Waals surface area contributed by atoms with Gasteiger partial charge in [0.1, 0.15) is 5.82 Å². The van der Waals surface area contributed by atoms with E-state index in [0.717, 1.165) is 31.0 Å². The molecule has 0 spiro atoms. The molecular formula is C19H14F4N4OS. The molecule has 1 aliphatic rings. The summed E-state index contributed by atoms with van der Waals surface area (Å²) in [5.74, 6) is -1.73. The maximum atomic E-state index is 14.2. The van der Waals surface area contributed by atoms with Gasteiger partial charge < -0.3 is 16.0 Å². The summed E-state index contributed by atoms with van der Waals surface area (Å²) in [6.45, 7) is 0.